The zero-order valence-corrected chi connectivity index (χ0v) is 11.5. The van der Waals surface area contributed by atoms with Crippen molar-refractivity contribution in [3.05, 3.63) is 63.2 Å². The van der Waals surface area contributed by atoms with Crippen LogP contribution < -0.4 is 11.2 Å². The lowest BCUT2D eigenvalue weighted by atomic mass is 10.0. The number of halogens is 1. The van der Waals surface area contributed by atoms with Gasteiger partial charge in [-0.1, -0.05) is 46.3 Å². The van der Waals surface area contributed by atoms with Gasteiger partial charge >= 0.3 is 0 Å². The van der Waals surface area contributed by atoms with Gasteiger partial charge in [-0.25, -0.2) is 0 Å². The second-order valence-electron chi connectivity index (χ2n) is 4.18. The van der Waals surface area contributed by atoms with Crippen molar-refractivity contribution in [1.29, 1.82) is 0 Å². The molecule has 0 unspecified atom stereocenters. The summed E-state index contributed by atoms with van der Waals surface area (Å²) in [6.45, 7) is 0. The van der Waals surface area contributed by atoms with E-state index in [0.29, 0.717) is 16.5 Å². The third-order valence-electron chi connectivity index (χ3n) is 2.94. The van der Waals surface area contributed by atoms with Crippen LogP contribution in [-0.4, -0.2) is 0 Å². The molecule has 1 aromatic heterocycles. The van der Waals surface area contributed by atoms with Crippen molar-refractivity contribution in [2.24, 2.45) is 0 Å². The Hall–Kier alpha value is -2.07. The van der Waals surface area contributed by atoms with Crippen LogP contribution in [0.5, 0.6) is 0 Å². The van der Waals surface area contributed by atoms with E-state index in [1.807, 2.05) is 36.4 Å². The highest BCUT2D eigenvalue weighted by Crippen LogP contribution is 2.27. The van der Waals surface area contributed by atoms with Gasteiger partial charge in [0.2, 0.25) is 11.3 Å². The number of benzene rings is 2. The van der Waals surface area contributed by atoms with E-state index < -0.39 is 0 Å². The maximum Gasteiger partial charge on any atom is 0.202 e. The fraction of sp³-hybridized carbons (Fsp3) is 0. The van der Waals surface area contributed by atoms with Crippen molar-refractivity contribution in [3.63, 3.8) is 0 Å². The third kappa shape index (κ3) is 2.04. The zero-order valence-electron chi connectivity index (χ0n) is 9.89. The summed E-state index contributed by atoms with van der Waals surface area (Å²) in [5.41, 5.74) is 7.42. The predicted octanol–water partition coefficient (Wildman–Crippen LogP) is 3.80. The van der Waals surface area contributed by atoms with Crippen LogP contribution in [0.25, 0.3) is 22.1 Å². The highest BCUT2D eigenvalue weighted by molar-refractivity contribution is 9.10. The number of hydrogen-bond acceptors (Lipinski definition) is 3. The molecule has 0 amide bonds. The Morgan fingerprint density at radius 1 is 1.05 bits per heavy atom. The number of rotatable bonds is 1. The summed E-state index contributed by atoms with van der Waals surface area (Å²) in [5.74, 6) is 0.144. The Balaban J connectivity index is 2.41. The molecule has 0 spiro atoms. The molecular formula is C15H10BrNO2. The van der Waals surface area contributed by atoms with E-state index in [1.54, 1.807) is 12.1 Å². The molecule has 0 aliphatic heterocycles. The van der Waals surface area contributed by atoms with E-state index in [2.05, 4.69) is 15.9 Å². The lowest BCUT2D eigenvalue weighted by molar-refractivity contribution is 0.626. The molecule has 1 heterocycles. The van der Waals surface area contributed by atoms with Gasteiger partial charge in [0.15, 0.2) is 0 Å². The lowest BCUT2D eigenvalue weighted by Crippen LogP contribution is -2.08. The Labute approximate surface area is 117 Å². The molecule has 94 valence electrons. The number of nitrogens with two attached hydrogens (primary N) is 1. The number of fused-ring (bicyclic) bond motifs is 1. The lowest BCUT2D eigenvalue weighted by Gasteiger charge is -2.06. The summed E-state index contributed by atoms with van der Waals surface area (Å²) in [4.78, 5) is 12.5. The van der Waals surface area contributed by atoms with Crippen LogP contribution in [0, 0.1) is 0 Å². The van der Waals surface area contributed by atoms with Crippen molar-refractivity contribution in [2.45, 2.75) is 0 Å². The van der Waals surface area contributed by atoms with Crippen LogP contribution in [0.3, 0.4) is 0 Å². The summed E-state index contributed by atoms with van der Waals surface area (Å²) in [6, 6.07) is 14.6. The van der Waals surface area contributed by atoms with Crippen LogP contribution in [0.2, 0.25) is 0 Å². The molecule has 0 bridgehead atoms. The highest BCUT2D eigenvalue weighted by atomic mass is 79.9. The van der Waals surface area contributed by atoms with E-state index in [-0.39, 0.29) is 11.3 Å². The van der Waals surface area contributed by atoms with E-state index in [4.69, 9.17) is 10.2 Å². The summed E-state index contributed by atoms with van der Waals surface area (Å²) < 4.78 is 6.37. The van der Waals surface area contributed by atoms with Crippen LogP contribution in [0.4, 0.5) is 5.88 Å². The normalized spacial score (nSPS) is 10.8. The van der Waals surface area contributed by atoms with Crippen molar-refractivity contribution in [1.82, 2.24) is 0 Å². The molecule has 3 aromatic rings. The molecule has 4 heteroatoms. The largest absolute Gasteiger partial charge is 0.440 e. The topological polar surface area (TPSA) is 56.2 Å². The SMILES string of the molecule is Nc1oc2ccc(Br)cc2c(=O)c1-c1ccccc1. The maximum atomic E-state index is 12.5. The van der Waals surface area contributed by atoms with Crippen LogP contribution in [0.15, 0.2) is 62.2 Å². The van der Waals surface area contributed by atoms with E-state index in [0.717, 1.165) is 10.0 Å². The van der Waals surface area contributed by atoms with E-state index in [9.17, 15) is 4.79 Å². The van der Waals surface area contributed by atoms with Crippen molar-refractivity contribution < 1.29 is 4.42 Å². The van der Waals surface area contributed by atoms with E-state index >= 15 is 0 Å². The Kier molecular flexibility index (Phi) is 2.87. The number of hydrogen-bond donors (Lipinski definition) is 1. The third-order valence-corrected chi connectivity index (χ3v) is 3.44. The molecule has 19 heavy (non-hydrogen) atoms. The molecule has 0 saturated carbocycles. The molecule has 0 aliphatic carbocycles. The Bertz CT molecular complexity index is 809. The first-order valence-electron chi connectivity index (χ1n) is 5.74. The summed E-state index contributed by atoms with van der Waals surface area (Å²) >= 11 is 3.35. The van der Waals surface area contributed by atoms with Crippen molar-refractivity contribution >= 4 is 32.8 Å². The van der Waals surface area contributed by atoms with E-state index in [1.165, 1.54) is 0 Å². The number of nitrogen functional groups attached to an aromatic ring is 1. The predicted molar refractivity (Wildman–Crippen MR) is 80.0 cm³/mol. The average molecular weight is 316 g/mol. The van der Waals surface area contributed by atoms with Gasteiger partial charge in [-0.15, -0.1) is 0 Å². The fourth-order valence-corrected chi connectivity index (χ4v) is 2.42. The zero-order chi connectivity index (χ0) is 13.4. The van der Waals surface area contributed by atoms with Crippen molar-refractivity contribution in [3.8, 4) is 11.1 Å². The maximum absolute atomic E-state index is 12.5. The van der Waals surface area contributed by atoms with Crippen LogP contribution in [-0.2, 0) is 0 Å². The quantitative estimate of drug-likeness (QED) is 0.743. The van der Waals surface area contributed by atoms with Gasteiger partial charge in [0, 0.05) is 4.47 Å². The average Bonchev–Trinajstić information content (AvgIpc) is 2.41. The molecule has 3 nitrogen and oxygen atoms in total. The van der Waals surface area contributed by atoms with Gasteiger partial charge in [-0.3, -0.25) is 4.79 Å². The van der Waals surface area contributed by atoms with Gasteiger partial charge < -0.3 is 10.2 Å². The second kappa shape index (κ2) is 4.55. The first-order chi connectivity index (χ1) is 9.16. The molecule has 0 atom stereocenters. The molecule has 0 aliphatic rings. The summed E-state index contributed by atoms with van der Waals surface area (Å²) in [5, 5.41) is 0.516. The molecule has 2 aromatic carbocycles. The van der Waals surface area contributed by atoms with Gasteiger partial charge in [0.25, 0.3) is 0 Å². The van der Waals surface area contributed by atoms with Crippen LogP contribution in [0.1, 0.15) is 0 Å². The molecule has 3 rings (SSSR count). The van der Waals surface area contributed by atoms with Gasteiger partial charge in [-0.2, -0.15) is 0 Å². The Morgan fingerprint density at radius 2 is 1.79 bits per heavy atom. The fourth-order valence-electron chi connectivity index (χ4n) is 2.06. The minimum Gasteiger partial charge on any atom is -0.440 e. The smallest absolute Gasteiger partial charge is 0.202 e. The van der Waals surface area contributed by atoms with Crippen molar-refractivity contribution in [2.75, 3.05) is 5.73 Å². The van der Waals surface area contributed by atoms with Gasteiger partial charge in [0.1, 0.15) is 5.58 Å². The highest BCUT2D eigenvalue weighted by Gasteiger charge is 2.13. The standard InChI is InChI=1S/C15H10BrNO2/c16-10-6-7-12-11(8-10)14(18)13(15(17)19-12)9-4-2-1-3-5-9/h1-8H,17H2. The molecule has 0 saturated heterocycles. The minimum absolute atomic E-state index is 0.119. The summed E-state index contributed by atoms with van der Waals surface area (Å²) in [7, 11) is 0. The number of anilines is 1. The van der Waals surface area contributed by atoms with Gasteiger partial charge in [0.05, 0.1) is 10.9 Å². The first-order valence-corrected chi connectivity index (χ1v) is 6.53. The Morgan fingerprint density at radius 3 is 2.53 bits per heavy atom. The molecule has 2 N–H and O–H groups in total. The van der Waals surface area contributed by atoms with Gasteiger partial charge in [-0.05, 0) is 23.8 Å². The molecule has 0 fully saturated rings. The monoisotopic (exact) mass is 315 g/mol. The molecule has 0 radical (unpaired) electrons. The minimum atomic E-state index is -0.119. The molecular weight excluding hydrogens is 306 g/mol. The summed E-state index contributed by atoms with van der Waals surface area (Å²) in [6.07, 6.45) is 0. The first kappa shape index (κ1) is 12.0. The van der Waals surface area contributed by atoms with Crippen LogP contribution >= 0.6 is 15.9 Å². The second-order valence-corrected chi connectivity index (χ2v) is 5.09.